The first-order valence-electron chi connectivity index (χ1n) is 13.2. The van der Waals surface area contributed by atoms with Gasteiger partial charge in [-0.2, -0.15) is 0 Å². The second-order valence-corrected chi connectivity index (χ2v) is 17.4. The van der Waals surface area contributed by atoms with Gasteiger partial charge in [0.25, 0.3) is 0 Å². The molecule has 0 spiro atoms. The van der Waals surface area contributed by atoms with E-state index in [-0.39, 0.29) is 11.2 Å². The van der Waals surface area contributed by atoms with Gasteiger partial charge < -0.3 is 9.67 Å². The van der Waals surface area contributed by atoms with Gasteiger partial charge in [-0.1, -0.05) is 76.8 Å². The van der Waals surface area contributed by atoms with Crippen LogP contribution in [0.4, 0.5) is 0 Å². The number of nitrogens with zero attached hydrogens (tertiary/aromatic N) is 3. The molecule has 4 nitrogen and oxygen atoms in total. The van der Waals surface area contributed by atoms with Crippen molar-refractivity contribution in [3.63, 3.8) is 0 Å². The minimum atomic E-state index is -1.42. The molecular weight excluding hydrogens is 482 g/mol. The third kappa shape index (κ3) is 4.67. The lowest BCUT2D eigenvalue weighted by molar-refractivity contribution is 0.472. The number of hydrogen-bond acceptors (Lipinski definition) is 3. The molecule has 3 aromatic carbocycles. The standard InChI is InChI=1S/C33H37N3OSi/c1-21-11-9-13-27(31(21)37)32-35-30-26(12-10-14-29(30)36(32)5)22-17-23(19-24(18-22)33(2,3)4)28-16-15-25(20-34-28)38(6,7)8/h9-20,37H,1-8H3. The van der Waals surface area contributed by atoms with Crippen molar-refractivity contribution < 1.29 is 5.11 Å². The Morgan fingerprint density at radius 2 is 1.53 bits per heavy atom. The van der Waals surface area contributed by atoms with Crippen LogP contribution in [0.5, 0.6) is 5.75 Å². The number of phenols is 1. The summed E-state index contributed by atoms with van der Waals surface area (Å²) < 4.78 is 2.07. The van der Waals surface area contributed by atoms with E-state index in [4.69, 9.17) is 9.97 Å². The second-order valence-electron chi connectivity index (χ2n) is 12.4. The molecule has 0 atom stereocenters. The van der Waals surface area contributed by atoms with Gasteiger partial charge in [0, 0.05) is 24.4 Å². The number of imidazole rings is 1. The molecule has 0 unspecified atom stereocenters. The number of benzene rings is 3. The van der Waals surface area contributed by atoms with E-state index in [1.54, 1.807) is 0 Å². The van der Waals surface area contributed by atoms with Gasteiger partial charge in [-0.25, -0.2) is 4.98 Å². The average molecular weight is 520 g/mol. The summed E-state index contributed by atoms with van der Waals surface area (Å²) in [7, 11) is 0.589. The fraction of sp³-hybridized carbons (Fsp3) is 0.273. The fourth-order valence-electron chi connectivity index (χ4n) is 4.90. The van der Waals surface area contributed by atoms with E-state index in [2.05, 4.69) is 99.7 Å². The summed E-state index contributed by atoms with van der Waals surface area (Å²) in [6.07, 6.45) is 2.06. The summed E-state index contributed by atoms with van der Waals surface area (Å²) in [4.78, 5) is 9.98. The molecule has 0 bridgehead atoms. The summed E-state index contributed by atoms with van der Waals surface area (Å²) in [5.41, 5.74) is 9.04. The van der Waals surface area contributed by atoms with Gasteiger partial charge in [-0.05, 0) is 64.5 Å². The molecule has 2 heterocycles. The van der Waals surface area contributed by atoms with E-state index < -0.39 is 8.07 Å². The molecule has 0 amide bonds. The van der Waals surface area contributed by atoms with E-state index in [0.717, 1.165) is 50.4 Å². The van der Waals surface area contributed by atoms with Gasteiger partial charge in [-0.15, -0.1) is 0 Å². The molecule has 0 fully saturated rings. The van der Waals surface area contributed by atoms with Crippen LogP contribution in [0.1, 0.15) is 31.9 Å². The van der Waals surface area contributed by atoms with E-state index >= 15 is 0 Å². The minimum Gasteiger partial charge on any atom is -0.507 e. The van der Waals surface area contributed by atoms with Crippen molar-refractivity contribution in [1.29, 1.82) is 0 Å². The van der Waals surface area contributed by atoms with Gasteiger partial charge in [0.05, 0.1) is 30.4 Å². The molecule has 0 saturated heterocycles. The number of aryl methyl sites for hydroxylation is 2. The van der Waals surface area contributed by atoms with E-state index in [0.29, 0.717) is 0 Å². The van der Waals surface area contributed by atoms with Crippen LogP contribution >= 0.6 is 0 Å². The maximum atomic E-state index is 10.8. The van der Waals surface area contributed by atoms with Crippen LogP contribution in [-0.4, -0.2) is 27.7 Å². The Kier molecular flexibility index (Phi) is 6.31. The fourth-order valence-corrected chi connectivity index (χ4v) is 5.94. The summed E-state index contributed by atoms with van der Waals surface area (Å²) in [5.74, 6) is 1.03. The zero-order valence-corrected chi connectivity index (χ0v) is 24.7. The molecule has 5 rings (SSSR count). The minimum absolute atomic E-state index is 0.0282. The largest absolute Gasteiger partial charge is 0.507 e. The zero-order chi connectivity index (χ0) is 27.4. The quantitative estimate of drug-likeness (QED) is 0.246. The van der Waals surface area contributed by atoms with Crippen LogP contribution in [0.3, 0.4) is 0 Å². The Balaban J connectivity index is 1.71. The van der Waals surface area contributed by atoms with Crippen molar-refractivity contribution >= 4 is 24.3 Å². The first kappa shape index (κ1) is 25.9. The molecule has 0 radical (unpaired) electrons. The summed E-state index contributed by atoms with van der Waals surface area (Å²) in [6, 6.07) is 23.3. The van der Waals surface area contributed by atoms with Crippen molar-refractivity contribution in [2.75, 3.05) is 0 Å². The van der Waals surface area contributed by atoms with E-state index in [1.807, 2.05) is 32.2 Å². The van der Waals surface area contributed by atoms with Crippen LogP contribution in [0.15, 0.2) is 72.9 Å². The first-order chi connectivity index (χ1) is 17.8. The van der Waals surface area contributed by atoms with E-state index in [1.165, 1.54) is 10.8 Å². The van der Waals surface area contributed by atoms with Crippen molar-refractivity contribution in [1.82, 2.24) is 14.5 Å². The van der Waals surface area contributed by atoms with Crippen LogP contribution < -0.4 is 5.19 Å². The summed E-state index contributed by atoms with van der Waals surface area (Å²) >= 11 is 0. The smallest absolute Gasteiger partial charge is 0.144 e. The Hall–Kier alpha value is -3.70. The van der Waals surface area contributed by atoms with Crippen molar-refractivity contribution in [2.45, 2.75) is 52.8 Å². The zero-order valence-electron chi connectivity index (χ0n) is 23.7. The normalized spacial score (nSPS) is 12.3. The first-order valence-corrected chi connectivity index (χ1v) is 16.7. The number of fused-ring (bicyclic) bond motifs is 1. The lowest BCUT2D eigenvalue weighted by Gasteiger charge is -2.22. The SMILES string of the molecule is Cc1cccc(-c2nc3c(-c4cc(-c5ccc([Si](C)(C)C)cn5)cc(C(C)(C)C)c4)cccc3n2C)c1O. The maximum absolute atomic E-state index is 10.8. The van der Waals surface area contributed by atoms with Crippen LogP contribution in [0.25, 0.3) is 44.8 Å². The number of para-hydroxylation sites is 2. The molecule has 38 heavy (non-hydrogen) atoms. The molecule has 0 aliphatic rings. The highest BCUT2D eigenvalue weighted by atomic mass is 28.3. The highest BCUT2D eigenvalue weighted by Crippen LogP contribution is 2.38. The molecule has 5 heteroatoms. The monoisotopic (exact) mass is 519 g/mol. The number of aromatic hydroxyl groups is 1. The Morgan fingerprint density at radius 3 is 2.18 bits per heavy atom. The Labute approximate surface area is 227 Å². The van der Waals surface area contributed by atoms with Gasteiger partial charge in [-0.3, -0.25) is 4.98 Å². The van der Waals surface area contributed by atoms with Gasteiger partial charge >= 0.3 is 0 Å². The number of rotatable bonds is 4. The maximum Gasteiger partial charge on any atom is 0.144 e. The predicted molar refractivity (Wildman–Crippen MR) is 163 cm³/mol. The number of hydrogen-bond donors (Lipinski definition) is 1. The van der Waals surface area contributed by atoms with Crippen LogP contribution in [0.2, 0.25) is 19.6 Å². The Bertz CT molecular complexity index is 1650. The summed E-state index contributed by atoms with van der Waals surface area (Å²) in [6.45, 7) is 15.7. The average Bonchev–Trinajstić information content (AvgIpc) is 3.21. The van der Waals surface area contributed by atoms with Gasteiger partial charge in [0.2, 0.25) is 0 Å². The molecule has 0 saturated carbocycles. The van der Waals surface area contributed by atoms with E-state index in [9.17, 15) is 5.11 Å². The highest BCUT2D eigenvalue weighted by molar-refractivity contribution is 6.88. The molecule has 0 aliphatic heterocycles. The second kappa shape index (κ2) is 9.24. The third-order valence-corrected chi connectivity index (χ3v) is 9.45. The molecule has 2 aromatic heterocycles. The van der Waals surface area contributed by atoms with Gasteiger partial charge in [0.15, 0.2) is 0 Å². The molecule has 0 aliphatic carbocycles. The molecule has 194 valence electrons. The number of phenolic OH excluding ortho intramolecular Hbond substituents is 1. The topological polar surface area (TPSA) is 50.9 Å². The molecule has 1 N–H and O–H groups in total. The third-order valence-electron chi connectivity index (χ3n) is 7.43. The molecule has 5 aromatic rings. The van der Waals surface area contributed by atoms with Crippen molar-refractivity contribution in [2.24, 2.45) is 7.05 Å². The predicted octanol–water partition coefficient (Wildman–Crippen LogP) is 7.83. The lowest BCUT2D eigenvalue weighted by Crippen LogP contribution is -2.37. The van der Waals surface area contributed by atoms with Crippen molar-refractivity contribution in [3.8, 4) is 39.5 Å². The highest BCUT2D eigenvalue weighted by Gasteiger charge is 2.21. The summed E-state index contributed by atoms with van der Waals surface area (Å²) in [5, 5.41) is 12.1. The number of aromatic nitrogens is 3. The van der Waals surface area contributed by atoms with Crippen LogP contribution in [-0.2, 0) is 12.5 Å². The van der Waals surface area contributed by atoms with Crippen LogP contribution in [0, 0.1) is 6.92 Å². The number of pyridine rings is 1. The Morgan fingerprint density at radius 1 is 0.842 bits per heavy atom. The lowest BCUT2D eigenvalue weighted by atomic mass is 9.83. The van der Waals surface area contributed by atoms with Crippen molar-refractivity contribution in [3.05, 3.63) is 84.1 Å². The molecular formula is C33H37N3OSi. The van der Waals surface area contributed by atoms with Gasteiger partial charge in [0.1, 0.15) is 11.6 Å².